The SMILES string of the molecule is CCn1cc(C(O)C2Cc3ccccc3C2)cn1. The predicted molar refractivity (Wildman–Crippen MR) is 70.2 cm³/mol. The Hall–Kier alpha value is -1.61. The summed E-state index contributed by atoms with van der Waals surface area (Å²) in [5, 5.41) is 14.7. The molecular weight excluding hydrogens is 224 g/mol. The van der Waals surface area contributed by atoms with Crippen LogP contribution in [0.4, 0.5) is 0 Å². The first-order valence-corrected chi connectivity index (χ1v) is 6.55. The lowest BCUT2D eigenvalue weighted by Crippen LogP contribution is -2.12. The van der Waals surface area contributed by atoms with Crippen molar-refractivity contribution >= 4 is 0 Å². The first kappa shape index (κ1) is 11.5. The number of aromatic nitrogens is 2. The van der Waals surface area contributed by atoms with E-state index in [0.29, 0.717) is 0 Å². The highest BCUT2D eigenvalue weighted by Crippen LogP contribution is 2.34. The highest BCUT2D eigenvalue weighted by molar-refractivity contribution is 5.33. The van der Waals surface area contributed by atoms with Crippen molar-refractivity contribution in [1.29, 1.82) is 0 Å². The summed E-state index contributed by atoms with van der Waals surface area (Å²) in [6.45, 7) is 2.90. The monoisotopic (exact) mass is 242 g/mol. The molecule has 3 rings (SSSR count). The molecule has 2 aromatic rings. The molecule has 1 atom stereocenters. The summed E-state index contributed by atoms with van der Waals surface area (Å²) in [7, 11) is 0. The van der Waals surface area contributed by atoms with E-state index in [1.807, 2.05) is 10.9 Å². The van der Waals surface area contributed by atoms with Gasteiger partial charge in [0.1, 0.15) is 0 Å². The highest BCUT2D eigenvalue weighted by atomic mass is 16.3. The molecule has 0 saturated heterocycles. The average molecular weight is 242 g/mol. The van der Waals surface area contributed by atoms with E-state index in [2.05, 4.69) is 36.3 Å². The van der Waals surface area contributed by atoms with Crippen LogP contribution >= 0.6 is 0 Å². The van der Waals surface area contributed by atoms with Gasteiger partial charge in [0.25, 0.3) is 0 Å². The summed E-state index contributed by atoms with van der Waals surface area (Å²) in [6.07, 6.45) is 5.27. The van der Waals surface area contributed by atoms with Crippen LogP contribution in [-0.2, 0) is 19.4 Å². The third-order valence-corrected chi connectivity index (χ3v) is 3.85. The van der Waals surface area contributed by atoms with Crippen molar-refractivity contribution in [3.05, 3.63) is 53.3 Å². The highest BCUT2D eigenvalue weighted by Gasteiger charge is 2.28. The Bertz CT molecular complexity index is 522. The molecule has 94 valence electrons. The molecule has 3 nitrogen and oxygen atoms in total. The quantitative estimate of drug-likeness (QED) is 0.897. The standard InChI is InChI=1S/C15H18N2O/c1-2-17-10-14(9-16-17)15(18)13-7-11-5-3-4-6-12(11)8-13/h3-6,9-10,13,15,18H,2,7-8H2,1H3. The van der Waals surface area contributed by atoms with Crippen molar-refractivity contribution in [1.82, 2.24) is 9.78 Å². The van der Waals surface area contributed by atoms with Gasteiger partial charge in [0.05, 0.1) is 12.3 Å². The minimum atomic E-state index is -0.405. The zero-order valence-electron chi connectivity index (χ0n) is 10.6. The molecule has 0 aliphatic heterocycles. The summed E-state index contributed by atoms with van der Waals surface area (Å²) in [5.41, 5.74) is 3.70. The fourth-order valence-electron chi connectivity index (χ4n) is 2.79. The number of hydrogen-bond acceptors (Lipinski definition) is 2. The molecule has 0 saturated carbocycles. The number of aliphatic hydroxyl groups excluding tert-OH is 1. The number of fused-ring (bicyclic) bond motifs is 1. The van der Waals surface area contributed by atoms with Gasteiger partial charge in [-0.3, -0.25) is 4.68 Å². The van der Waals surface area contributed by atoms with Gasteiger partial charge in [-0.1, -0.05) is 24.3 Å². The molecule has 3 heteroatoms. The van der Waals surface area contributed by atoms with Crippen LogP contribution in [-0.4, -0.2) is 14.9 Å². The van der Waals surface area contributed by atoms with E-state index in [-0.39, 0.29) is 5.92 Å². The van der Waals surface area contributed by atoms with Gasteiger partial charge in [-0.05, 0) is 36.8 Å². The molecule has 0 fully saturated rings. The van der Waals surface area contributed by atoms with E-state index in [4.69, 9.17) is 0 Å². The topological polar surface area (TPSA) is 38.0 Å². The Balaban J connectivity index is 1.77. The van der Waals surface area contributed by atoms with Crippen LogP contribution < -0.4 is 0 Å². The van der Waals surface area contributed by atoms with Crippen LogP contribution in [0.15, 0.2) is 36.7 Å². The largest absolute Gasteiger partial charge is 0.388 e. The third-order valence-electron chi connectivity index (χ3n) is 3.85. The van der Waals surface area contributed by atoms with Crippen molar-refractivity contribution in [3.8, 4) is 0 Å². The van der Waals surface area contributed by atoms with Gasteiger partial charge in [-0.15, -0.1) is 0 Å². The number of benzene rings is 1. The Morgan fingerprint density at radius 3 is 2.56 bits per heavy atom. The Labute approximate surface area is 107 Å². The Morgan fingerprint density at radius 2 is 2.00 bits per heavy atom. The molecule has 1 aromatic carbocycles. The molecule has 1 N–H and O–H groups in total. The summed E-state index contributed by atoms with van der Waals surface area (Å²) < 4.78 is 1.86. The first-order valence-electron chi connectivity index (χ1n) is 6.55. The first-order chi connectivity index (χ1) is 8.78. The van der Waals surface area contributed by atoms with Crippen LogP contribution in [0.25, 0.3) is 0 Å². The van der Waals surface area contributed by atoms with Crippen LogP contribution in [0, 0.1) is 5.92 Å². The molecule has 0 spiro atoms. The second-order valence-corrected chi connectivity index (χ2v) is 5.01. The molecule has 0 radical (unpaired) electrons. The van der Waals surface area contributed by atoms with Gasteiger partial charge in [-0.25, -0.2) is 0 Å². The van der Waals surface area contributed by atoms with E-state index in [1.165, 1.54) is 11.1 Å². The van der Waals surface area contributed by atoms with Crippen molar-refractivity contribution in [3.63, 3.8) is 0 Å². The fraction of sp³-hybridized carbons (Fsp3) is 0.400. The second kappa shape index (κ2) is 4.58. The molecule has 1 aliphatic carbocycles. The van der Waals surface area contributed by atoms with Gasteiger partial charge >= 0.3 is 0 Å². The van der Waals surface area contributed by atoms with E-state index in [9.17, 15) is 5.11 Å². The molecule has 0 amide bonds. The lowest BCUT2D eigenvalue weighted by atomic mass is 9.95. The number of aliphatic hydroxyl groups is 1. The third kappa shape index (κ3) is 1.95. The van der Waals surface area contributed by atoms with E-state index >= 15 is 0 Å². The predicted octanol–water partition coefficient (Wildman–Crippen LogP) is 2.35. The van der Waals surface area contributed by atoms with Crippen molar-refractivity contribution in [2.24, 2.45) is 5.92 Å². The average Bonchev–Trinajstić information content (AvgIpc) is 3.04. The lowest BCUT2D eigenvalue weighted by Gasteiger charge is -2.15. The molecular formula is C15H18N2O. The zero-order chi connectivity index (χ0) is 12.5. The molecule has 1 aliphatic rings. The summed E-state index contributed by atoms with van der Waals surface area (Å²) >= 11 is 0. The van der Waals surface area contributed by atoms with Crippen LogP contribution in [0.2, 0.25) is 0 Å². The molecule has 1 heterocycles. The number of rotatable bonds is 3. The van der Waals surface area contributed by atoms with Crippen molar-refractivity contribution in [2.45, 2.75) is 32.4 Å². The Morgan fingerprint density at radius 1 is 1.33 bits per heavy atom. The lowest BCUT2D eigenvalue weighted by molar-refractivity contribution is 0.113. The number of hydrogen-bond donors (Lipinski definition) is 1. The van der Waals surface area contributed by atoms with Gasteiger partial charge < -0.3 is 5.11 Å². The van der Waals surface area contributed by atoms with Crippen molar-refractivity contribution in [2.75, 3.05) is 0 Å². The molecule has 1 unspecified atom stereocenters. The normalized spacial score (nSPS) is 16.8. The molecule has 1 aromatic heterocycles. The van der Waals surface area contributed by atoms with E-state index < -0.39 is 6.10 Å². The summed E-state index contributed by atoms with van der Waals surface area (Å²) in [6, 6.07) is 8.47. The number of nitrogens with zero attached hydrogens (tertiary/aromatic N) is 2. The summed E-state index contributed by atoms with van der Waals surface area (Å²) in [4.78, 5) is 0. The Kier molecular flexibility index (Phi) is 2.92. The second-order valence-electron chi connectivity index (χ2n) is 5.01. The van der Waals surface area contributed by atoms with Gasteiger partial charge in [-0.2, -0.15) is 5.10 Å². The van der Waals surface area contributed by atoms with Crippen molar-refractivity contribution < 1.29 is 5.11 Å². The fourth-order valence-corrected chi connectivity index (χ4v) is 2.79. The van der Waals surface area contributed by atoms with Gasteiger partial charge in [0, 0.05) is 18.3 Å². The zero-order valence-corrected chi connectivity index (χ0v) is 10.6. The maximum Gasteiger partial charge on any atom is 0.0855 e. The smallest absolute Gasteiger partial charge is 0.0855 e. The van der Waals surface area contributed by atoms with Gasteiger partial charge in [0.2, 0.25) is 0 Å². The van der Waals surface area contributed by atoms with Crippen LogP contribution in [0.1, 0.15) is 29.7 Å². The van der Waals surface area contributed by atoms with Gasteiger partial charge in [0.15, 0.2) is 0 Å². The maximum absolute atomic E-state index is 10.4. The minimum Gasteiger partial charge on any atom is -0.388 e. The molecule has 18 heavy (non-hydrogen) atoms. The van der Waals surface area contributed by atoms with Crippen LogP contribution in [0.3, 0.4) is 0 Å². The molecule has 0 bridgehead atoms. The summed E-state index contributed by atoms with van der Waals surface area (Å²) in [5.74, 6) is 0.289. The van der Waals surface area contributed by atoms with E-state index in [1.54, 1.807) is 6.20 Å². The van der Waals surface area contributed by atoms with Crippen LogP contribution in [0.5, 0.6) is 0 Å². The van der Waals surface area contributed by atoms with E-state index in [0.717, 1.165) is 24.9 Å². The maximum atomic E-state index is 10.4. The number of aryl methyl sites for hydroxylation is 1. The minimum absolute atomic E-state index is 0.289.